The van der Waals surface area contributed by atoms with E-state index in [1.807, 2.05) is 0 Å². The third kappa shape index (κ3) is 4.40. The van der Waals surface area contributed by atoms with E-state index in [2.05, 4.69) is 171 Å². The molecule has 0 bridgehead atoms. The molecule has 0 aliphatic heterocycles. The molecule has 2 aliphatic rings. The molecule has 5 aromatic rings. The van der Waals surface area contributed by atoms with Gasteiger partial charge in [-0.3, -0.25) is 0 Å². The lowest BCUT2D eigenvalue weighted by molar-refractivity contribution is 1.04. The normalized spacial score (nSPS) is 17.7. The number of allylic oxidation sites excluding steroid dienone is 2. The quantitative estimate of drug-likeness (QED) is 0.167. The van der Waals surface area contributed by atoms with Crippen LogP contribution in [0.15, 0.2) is 136 Å². The van der Waals surface area contributed by atoms with E-state index in [1.54, 1.807) is 0 Å². The van der Waals surface area contributed by atoms with Gasteiger partial charge >= 0.3 is 0 Å². The van der Waals surface area contributed by atoms with Crippen LogP contribution >= 0.6 is 39.8 Å². The first-order valence-corrected chi connectivity index (χ1v) is 16.1. The topological polar surface area (TPSA) is 0 Å². The van der Waals surface area contributed by atoms with E-state index >= 15 is 0 Å². The van der Waals surface area contributed by atoms with Gasteiger partial charge in [0.05, 0.1) is 0 Å². The highest BCUT2D eigenvalue weighted by Gasteiger charge is 2.32. The zero-order chi connectivity index (χ0) is 26.3. The van der Waals surface area contributed by atoms with E-state index in [0.717, 1.165) is 0 Å². The molecule has 5 aromatic carbocycles. The molecule has 0 saturated carbocycles. The summed E-state index contributed by atoms with van der Waals surface area (Å²) < 4.78 is 2.35. The first kappa shape index (κ1) is 25.0. The Labute approximate surface area is 248 Å². The molecule has 39 heavy (non-hydrogen) atoms. The van der Waals surface area contributed by atoms with Crippen molar-refractivity contribution in [2.45, 2.75) is 11.8 Å². The minimum Gasteiger partial charge on any atom is -0.0720 e. The van der Waals surface area contributed by atoms with Crippen LogP contribution in [0.3, 0.4) is 0 Å². The van der Waals surface area contributed by atoms with E-state index in [-0.39, 0.29) is 11.8 Å². The largest absolute Gasteiger partial charge is 0.0720 e. The molecule has 0 spiro atoms. The van der Waals surface area contributed by atoms with Crippen LogP contribution in [-0.4, -0.2) is 0 Å². The summed E-state index contributed by atoms with van der Waals surface area (Å²) in [6.07, 6.45) is 9.44. The van der Waals surface area contributed by atoms with Gasteiger partial charge in [-0.25, -0.2) is 0 Å². The lowest BCUT2D eigenvalue weighted by Crippen LogP contribution is -2.25. The van der Waals surface area contributed by atoms with Crippen molar-refractivity contribution in [3.05, 3.63) is 170 Å². The fourth-order valence-electron chi connectivity index (χ4n) is 6.01. The van der Waals surface area contributed by atoms with Crippen molar-refractivity contribution in [2.75, 3.05) is 0 Å². The predicted octanol–water partition coefficient (Wildman–Crippen LogP) is 9.29. The van der Waals surface area contributed by atoms with Crippen LogP contribution < -0.4 is 15.9 Å². The number of benzene rings is 5. The summed E-state index contributed by atoms with van der Waals surface area (Å²) in [5.41, 5.74) is 8.10. The Bertz CT molecular complexity index is 1610. The second-order valence-corrected chi connectivity index (χ2v) is 13.8. The molecule has 0 amide bonds. The average Bonchev–Trinajstić information content (AvgIpc) is 3.64. The summed E-state index contributed by atoms with van der Waals surface area (Å²) in [6, 6.07) is 42.0. The molecule has 7 rings (SSSR count). The summed E-state index contributed by atoms with van der Waals surface area (Å²) in [5.74, 6) is 0.502. The van der Waals surface area contributed by atoms with Crippen LogP contribution in [0.1, 0.15) is 45.2 Å². The molecule has 0 heterocycles. The zero-order valence-corrected chi connectivity index (χ0v) is 25.2. The van der Waals surface area contributed by atoms with Gasteiger partial charge in [-0.15, -0.1) is 0 Å². The molecule has 0 aromatic heterocycles. The molecular formula is C36H25Br2P. The molecule has 3 heteroatoms. The van der Waals surface area contributed by atoms with Crippen LogP contribution in [0.4, 0.5) is 0 Å². The van der Waals surface area contributed by atoms with Gasteiger partial charge in [-0.2, -0.15) is 0 Å². The molecule has 0 radical (unpaired) electrons. The summed E-state index contributed by atoms with van der Waals surface area (Å²) >= 11 is 7.85. The van der Waals surface area contributed by atoms with E-state index < -0.39 is 7.92 Å². The van der Waals surface area contributed by atoms with Gasteiger partial charge in [0.25, 0.3) is 0 Å². The van der Waals surface area contributed by atoms with Gasteiger partial charge in [0, 0.05) is 20.8 Å². The summed E-state index contributed by atoms with van der Waals surface area (Å²) in [5, 5.41) is 4.19. The summed E-state index contributed by atoms with van der Waals surface area (Å²) in [4.78, 5) is 0. The molecule has 0 N–H and O–H groups in total. The second kappa shape index (κ2) is 10.5. The third-order valence-corrected chi connectivity index (χ3v) is 11.7. The maximum absolute atomic E-state index is 3.92. The SMILES string of the molecule is Brc1ccc(P(c2ccccc2)c2ccc(Br)c3c2C=CC3c2ccccc2)c2c1C(c1ccccc1)C=C2. The molecule has 0 nitrogen and oxygen atoms in total. The maximum Gasteiger partial charge on any atom is 0.0290 e. The Hall–Kier alpha value is -3.03. The Morgan fingerprint density at radius 3 is 1.31 bits per heavy atom. The van der Waals surface area contributed by atoms with Crippen molar-refractivity contribution in [2.24, 2.45) is 0 Å². The Morgan fingerprint density at radius 2 is 0.872 bits per heavy atom. The molecule has 2 atom stereocenters. The maximum atomic E-state index is 3.92. The van der Waals surface area contributed by atoms with Crippen molar-refractivity contribution in [1.29, 1.82) is 0 Å². The highest BCUT2D eigenvalue weighted by atomic mass is 79.9. The number of fused-ring (bicyclic) bond motifs is 2. The Morgan fingerprint density at radius 1 is 0.462 bits per heavy atom. The van der Waals surface area contributed by atoms with Crippen LogP contribution in [-0.2, 0) is 0 Å². The smallest absolute Gasteiger partial charge is 0.0290 e. The average molecular weight is 648 g/mol. The molecule has 0 fully saturated rings. The van der Waals surface area contributed by atoms with Crippen molar-refractivity contribution in [3.63, 3.8) is 0 Å². The van der Waals surface area contributed by atoms with Gasteiger partial charge in [0.15, 0.2) is 0 Å². The van der Waals surface area contributed by atoms with E-state index in [0.29, 0.717) is 0 Å². The predicted molar refractivity (Wildman–Crippen MR) is 175 cm³/mol. The number of hydrogen-bond acceptors (Lipinski definition) is 0. The summed E-state index contributed by atoms with van der Waals surface area (Å²) in [6.45, 7) is 0. The van der Waals surface area contributed by atoms with Crippen molar-refractivity contribution < 1.29 is 0 Å². The Kier molecular flexibility index (Phi) is 6.73. The molecule has 188 valence electrons. The minimum atomic E-state index is -0.796. The van der Waals surface area contributed by atoms with Crippen molar-refractivity contribution in [1.82, 2.24) is 0 Å². The van der Waals surface area contributed by atoms with E-state index in [9.17, 15) is 0 Å². The van der Waals surface area contributed by atoms with Crippen LogP contribution in [0.25, 0.3) is 12.2 Å². The first-order chi connectivity index (χ1) is 19.2. The molecule has 2 aliphatic carbocycles. The van der Waals surface area contributed by atoms with Gasteiger partial charge in [0.2, 0.25) is 0 Å². The molecule has 2 unspecified atom stereocenters. The zero-order valence-electron chi connectivity index (χ0n) is 21.1. The Balaban J connectivity index is 1.43. The first-order valence-electron chi connectivity index (χ1n) is 13.2. The molecular weight excluding hydrogens is 623 g/mol. The fourth-order valence-corrected chi connectivity index (χ4v) is 9.80. The highest BCUT2D eigenvalue weighted by molar-refractivity contribution is 9.10. The van der Waals surface area contributed by atoms with E-state index in [4.69, 9.17) is 0 Å². The standard InChI is InChI=1S/C36H25Br2P/c37-31-20-22-33(29-18-16-27(35(29)31)24-10-4-1-5-11-24)39(26-14-8-3-9-15-26)34-23-21-32(38)36-28(17-19-30(34)36)25-12-6-2-7-13-25/h1-23,27-28H. The second-order valence-electron chi connectivity index (χ2n) is 9.95. The number of rotatable bonds is 5. The van der Waals surface area contributed by atoms with Gasteiger partial charge in [-0.1, -0.05) is 159 Å². The third-order valence-electron chi connectivity index (χ3n) is 7.77. The van der Waals surface area contributed by atoms with Crippen LogP contribution in [0.5, 0.6) is 0 Å². The van der Waals surface area contributed by atoms with Gasteiger partial charge < -0.3 is 0 Å². The minimum absolute atomic E-state index is 0.251. The monoisotopic (exact) mass is 646 g/mol. The van der Waals surface area contributed by atoms with Crippen molar-refractivity contribution >= 4 is 67.8 Å². The lowest BCUT2D eigenvalue weighted by atomic mass is 9.93. The van der Waals surface area contributed by atoms with Gasteiger partial charge in [-0.05, 0) is 69.3 Å². The lowest BCUT2D eigenvalue weighted by Gasteiger charge is -2.26. The molecule has 0 saturated heterocycles. The van der Waals surface area contributed by atoms with E-state index in [1.165, 1.54) is 58.2 Å². The number of halogens is 2. The van der Waals surface area contributed by atoms with Gasteiger partial charge in [0.1, 0.15) is 0 Å². The highest BCUT2D eigenvalue weighted by Crippen LogP contribution is 2.47. The number of hydrogen-bond donors (Lipinski definition) is 0. The summed E-state index contributed by atoms with van der Waals surface area (Å²) in [7, 11) is -0.796. The van der Waals surface area contributed by atoms with Crippen LogP contribution in [0.2, 0.25) is 0 Å². The fraction of sp³-hybridized carbons (Fsp3) is 0.0556. The van der Waals surface area contributed by atoms with Crippen LogP contribution in [0, 0.1) is 0 Å². The van der Waals surface area contributed by atoms with Crippen molar-refractivity contribution in [3.8, 4) is 0 Å².